The molecule has 12 heterocycles. The number of hydrogen-bond donors (Lipinski definition) is 6. The molecule has 12 atom stereocenters. The van der Waals surface area contributed by atoms with E-state index in [0.717, 1.165) is 301 Å². The smallest absolute Gasteiger partial charge is 0.325 e. The van der Waals surface area contributed by atoms with Gasteiger partial charge in [0.1, 0.15) is 46.6 Å². The molecule has 8 aromatic rings. The van der Waals surface area contributed by atoms with Crippen LogP contribution in [0.5, 0.6) is 11.5 Å². The SMILES string of the molecule is C=C(O)C(c1ccccc1[C@H]1C[C@H]1OC)N1CC[C@@H](OCCCCc2ccc3c(n2)NCCC3)C1.COC1C[C@@H]1c1ccccc1C(C(=O)O)N1CC[C@@H](OCCCCc2ccc3c(n2)NCCC3)C1.COc1cccc([C@@H](C(C)=O)N2CC[C@@H](OCCCCc3ccc4c(n3)NCCC4)C2)c1C1CC1.COc1cccc([C@H](C(C)=O)N2CC[C@@H](OCCCCc3ccc4c(n3)NCCC4)C2)c1C1CC1. The Labute approximate surface area is 830 Å². The van der Waals surface area contributed by atoms with Crippen molar-refractivity contribution in [2.75, 3.05) is 155 Å². The first kappa shape index (κ1) is 102. The van der Waals surface area contributed by atoms with Crippen LogP contribution in [0.15, 0.2) is 146 Å². The van der Waals surface area contributed by atoms with Crippen molar-refractivity contribution in [1.29, 1.82) is 0 Å². The van der Waals surface area contributed by atoms with Gasteiger partial charge < -0.3 is 69.4 Å². The molecule has 4 aromatic heterocycles. The second kappa shape index (κ2) is 50.0. The molecule has 0 radical (unpaired) electrons. The summed E-state index contributed by atoms with van der Waals surface area (Å²) in [5.74, 6) is 7.73. The summed E-state index contributed by atoms with van der Waals surface area (Å²) in [6.07, 6.45) is 33.2. The largest absolute Gasteiger partial charge is 0.511 e. The fourth-order valence-electron chi connectivity index (χ4n) is 22.9. The summed E-state index contributed by atoms with van der Waals surface area (Å²) in [5.41, 5.74) is 19.2. The van der Waals surface area contributed by atoms with Crippen LogP contribution in [0, 0.1) is 0 Å². The van der Waals surface area contributed by atoms with Crippen LogP contribution < -0.4 is 30.7 Å². The van der Waals surface area contributed by atoms with E-state index in [-0.39, 0.29) is 72.1 Å². The minimum Gasteiger partial charge on any atom is -0.511 e. The first-order chi connectivity index (χ1) is 68.5. The number of anilines is 4. The quantitative estimate of drug-likeness (QED) is 0.0153. The highest BCUT2D eigenvalue weighted by Crippen LogP contribution is 2.52. The van der Waals surface area contributed by atoms with Crippen molar-refractivity contribution >= 4 is 40.8 Å². The molecule has 4 aromatic carbocycles. The summed E-state index contributed by atoms with van der Waals surface area (Å²) >= 11 is 0. The number of carboxylic acid groups (broad SMARTS) is 1. The number of aliphatic carboxylic acids is 1. The lowest BCUT2D eigenvalue weighted by Gasteiger charge is -2.29. The molecule has 12 aliphatic rings. The molecule has 140 heavy (non-hydrogen) atoms. The highest BCUT2D eigenvalue weighted by molar-refractivity contribution is 5.85. The monoisotopic (exact) mass is 1910 g/mol. The molecule has 0 amide bonds. The lowest BCUT2D eigenvalue weighted by atomic mass is 9.93. The van der Waals surface area contributed by atoms with Crippen molar-refractivity contribution < 1.29 is 62.5 Å². The number of aliphatic hydroxyl groups is 1. The van der Waals surface area contributed by atoms with Gasteiger partial charge >= 0.3 is 5.97 Å². The standard InChI is InChI=1S/3C29H39N3O3.C28H37N3O4/c2*1-20(33)28(25-9-5-10-26(34-2)27(25)21-11-12-21)32-17-15-24(19-32)35-18-4-3-8-23-14-13-22-7-6-16-30-29(22)31-23;1-20(33)28(25-11-4-3-10-24(25)26-18-27(26)34-2)32-16-14-23(19-32)35-17-6-5-9-22-13-12-21-8-7-15-30-29(21)31-22;1-34-25-17-24(25)22-9-2-3-10-23(22)26(28(32)33)31-15-13-21(18-31)35-16-5-4-8-20-12-11-19-7-6-14-29-27(19)30-20/h2*5,9-10,13-14,21,24,28H,3-4,6-8,11-12,15-19H2,1-2H3,(H,30,31);3-4,10-13,23,26-28,33H,1,5-9,14-19H2,2H3,(H,30,31);2-3,9-12,21,24-26H,4-8,13-18H2,1H3,(H,29,30)(H,32,33)/t24-,28+;24-,28-;23-,26-,27-,28?;21-,24-,25?,26?/m1111/s1. The van der Waals surface area contributed by atoms with Crippen LogP contribution in [-0.2, 0) is 94.2 Å². The maximum Gasteiger partial charge on any atom is 0.325 e. The number of methoxy groups -OCH3 is 4. The molecule has 25 nitrogen and oxygen atoms in total. The van der Waals surface area contributed by atoms with E-state index in [1.54, 1.807) is 42.3 Å². The number of benzene rings is 4. The molecule has 3 unspecified atom stereocenters. The minimum absolute atomic E-state index is 0.0859. The summed E-state index contributed by atoms with van der Waals surface area (Å²) in [6, 6.07) is 45.1. The number of nitrogens with one attached hydrogen (secondary N) is 4. The average Bonchev–Trinajstić information content (AvgIpc) is 1.62. The van der Waals surface area contributed by atoms with E-state index in [1.165, 1.54) is 107 Å². The number of fused-ring (bicyclic) bond motifs is 4. The van der Waals surface area contributed by atoms with Gasteiger partial charge in [-0.2, -0.15) is 0 Å². The molecule has 0 spiro atoms. The highest BCUT2D eigenvalue weighted by Gasteiger charge is 2.46. The molecule has 25 heteroatoms. The van der Waals surface area contributed by atoms with Gasteiger partial charge in [0.25, 0.3) is 0 Å². The van der Waals surface area contributed by atoms with E-state index < -0.39 is 12.0 Å². The number of aliphatic hydroxyl groups excluding tert-OH is 1. The van der Waals surface area contributed by atoms with Crippen molar-refractivity contribution in [3.05, 3.63) is 235 Å². The van der Waals surface area contributed by atoms with Crippen LogP contribution in [0.3, 0.4) is 0 Å². The molecular weight excluding hydrogens is 1760 g/mol. The van der Waals surface area contributed by atoms with Gasteiger partial charge in [0, 0.05) is 165 Å². The number of hydrogen-bond acceptors (Lipinski definition) is 24. The lowest BCUT2D eigenvalue weighted by Crippen LogP contribution is -2.34. The topological polar surface area (TPSA) is 278 Å². The maximum atomic E-state index is 12.8. The Morgan fingerprint density at radius 3 is 0.979 bits per heavy atom. The highest BCUT2D eigenvalue weighted by atomic mass is 16.5. The molecule has 4 saturated carbocycles. The number of ketones is 2. The first-order valence-electron chi connectivity index (χ1n) is 53.1. The molecule has 752 valence electrons. The van der Waals surface area contributed by atoms with Crippen LogP contribution in [0.4, 0.5) is 23.3 Å². The molecule has 20 rings (SSSR count). The van der Waals surface area contributed by atoms with Crippen molar-refractivity contribution in [3.63, 3.8) is 0 Å². The second-order valence-electron chi connectivity index (χ2n) is 40.9. The second-order valence-corrected chi connectivity index (χ2v) is 40.9. The van der Waals surface area contributed by atoms with Gasteiger partial charge in [-0.05, 0) is 310 Å². The summed E-state index contributed by atoms with van der Waals surface area (Å²) in [5, 5.41) is 34.4. The summed E-state index contributed by atoms with van der Waals surface area (Å²) in [4.78, 5) is 66.2. The number of aromatic nitrogens is 4. The van der Waals surface area contributed by atoms with Crippen LogP contribution in [0.1, 0.15) is 292 Å². The van der Waals surface area contributed by atoms with Gasteiger partial charge in [0.05, 0.1) is 69.0 Å². The molecule has 0 bridgehead atoms. The van der Waals surface area contributed by atoms with Gasteiger partial charge in [0.15, 0.2) is 11.6 Å². The summed E-state index contributed by atoms with van der Waals surface area (Å²) in [6.45, 7) is 21.0. The Kier molecular flexibility index (Phi) is 36.3. The van der Waals surface area contributed by atoms with Crippen molar-refractivity contribution in [3.8, 4) is 11.5 Å². The number of ether oxygens (including phenoxy) is 8. The number of carbonyl (C=O) groups excluding carboxylic acids is 2. The van der Waals surface area contributed by atoms with E-state index in [2.05, 4.69) is 138 Å². The zero-order chi connectivity index (χ0) is 96.8. The van der Waals surface area contributed by atoms with E-state index in [9.17, 15) is 24.6 Å². The van der Waals surface area contributed by atoms with Gasteiger partial charge in [-0.15, -0.1) is 0 Å². The van der Waals surface area contributed by atoms with Gasteiger partial charge in [0.2, 0.25) is 0 Å². The van der Waals surface area contributed by atoms with Gasteiger partial charge in [-0.25, -0.2) is 19.9 Å². The Morgan fingerprint density at radius 2 is 0.686 bits per heavy atom. The lowest BCUT2D eigenvalue weighted by molar-refractivity contribution is -0.143. The normalized spacial score (nSPS) is 22.7. The number of unbranched alkanes of at least 4 members (excludes halogenated alkanes) is 4. The fraction of sp³-hybridized carbons (Fsp3) is 0.574. The van der Waals surface area contributed by atoms with E-state index in [4.69, 9.17) is 57.8 Å². The predicted molar refractivity (Wildman–Crippen MR) is 551 cm³/mol. The number of aryl methyl sites for hydroxylation is 8. The van der Waals surface area contributed by atoms with Crippen LogP contribution >= 0.6 is 0 Å². The van der Waals surface area contributed by atoms with Crippen molar-refractivity contribution in [2.45, 2.75) is 291 Å². The summed E-state index contributed by atoms with van der Waals surface area (Å²) < 4.78 is 47.3. The number of nitrogens with zero attached hydrogens (tertiary/aromatic N) is 8. The predicted octanol–water partition coefficient (Wildman–Crippen LogP) is 19.5. The first-order valence-corrected chi connectivity index (χ1v) is 53.1. The Bertz CT molecular complexity index is 5110. The molecule has 8 aliphatic heterocycles. The number of Topliss-reactive ketones (excluding diaryl/α,β-unsaturated/α-hetero) is 2. The molecule has 6 N–H and O–H groups in total. The molecular formula is C115H154N12O13. The number of rotatable bonds is 44. The van der Waals surface area contributed by atoms with E-state index in [0.29, 0.717) is 36.8 Å². The maximum absolute atomic E-state index is 12.8. The Hall–Kier alpha value is -9.77. The zero-order valence-electron chi connectivity index (χ0n) is 84.0. The zero-order valence-corrected chi connectivity index (χ0v) is 84.0. The number of carbonyl (C=O) groups is 3. The summed E-state index contributed by atoms with van der Waals surface area (Å²) in [7, 11) is 6.96. The van der Waals surface area contributed by atoms with Crippen LogP contribution in [0.25, 0.3) is 0 Å². The third-order valence-electron chi connectivity index (χ3n) is 30.7. The fourth-order valence-corrected chi connectivity index (χ4v) is 22.9. The molecule has 4 aliphatic carbocycles. The number of carboxylic acids is 1. The van der Waals surface area contributed by atoms with Crippen molar-refractivity contribution in [2.24, 2.45) is 0 Å². The van der Waals surface area contributed by atoms with Gasteiger partial charge in [-0.1, -0.05) is 104 Å². The van der Waals surface area contributed by atoms with Crippen LogP contribution in [0.2, 0.25) is 0 Å². The molecule has 4 saturated heterocycles. The number of pyridine rings is 4. The van der Waals surface area contributed by atoms with E-state index in [1.807, 2.05) is 42.5 Å². The third kappa shape index (κ3) is 26.8. The third-order valence-corrected chi connectivity index (χ3v) is 30.7. The Morgan fingerprint density at radius 1 is 0.379 bits per heavy atom. The minimum atomic E-state index is -0.792. The van der Waals surface area contributed by atoms with E-state index >= 15 is 0 Å². The average molecular weight is 1910 g/mol. The Balaban J connectivity index is 0.000000129. The van der Waals surface area contributed by atoms with Gasteiger partial charge in [-0.3, -0.25) is 34.0 Å². The number of likely N-dealkylation sites (tertiary alicyclic amines) is 4. The van der Waals surface area contributed by atoms with Crippen molar-refractivity contribution in [1.82, 2.24) is 39.5 Å². The van der Waals surface area contributed by atoms with Crippen LogP contribution in [-0.4, -0.2) is 237 Å². The molecule has 8 fully saturated rings.